The molecular weight excluding hydrogens is 220 g/mol. The molecule has 5 heteroatoms. The minimum absolute atomic E-state index is 0.672. The first-order valence-electron chi connectivity index (χ1n) is 5.61. The van der Waals surface area contributed by atoms with Crippen molar-refractivity contribution in [3.63, 3.8) is 0 Å². The van der Waals surface area contributed by atoms with Crippen molar-refractivity contribution in [3.05, 3.63) is 11.1 Å². The van der Waals surface area contributed by atoms with Crippen LogP contribution >= 0.6 is 11.3 Å². The Morgan fingerprint density at radius 2 is 2.00 bits per heavy atom. The van der Waals surface area contributed by atoms with Crippen molar-refractivity contribution in [1.82, 2.24) is 14.8 Å². The summed E-state index contributed by atoms with van der Waals surface area (Å²) in [5, 5.41) is 2.72. The van der Waals surface area contributed by atoms with Crippen LogP contribution in [-0.2, 0) is 6.42 Å². The van der Waals surface area contributed by atoms with Gasteiger partial charge in [0.15, 0.2) is 5.13 Å². The van der Waals surface area contributed by atoms with Crippen molar-refractivity contribution in [2.24, 2.45) is 0 Å². The van der Waals surface area contributed by atoms with Gasteiger partial charge in [0.2, 0.25) is 0 Å². The largest absolute Gasteiger partial charge is 0.375 e. The lowest BCUT2D eigenvalue weighted by atomic mass is 10.3. The van der Waals surface area contributed by atoms with Gasteiger partial charge < -0.3 is 15.5 Å². The molecule has 0 bridgehead atoms. The molecule has 0 unspecified atom stereocenters. The summed E-state index contributed by atoms with van der Waals surface area (Å²) >= 11 is 1.52. The molecule has 92 valence electrons. The van der Waals surface area contributed by atoms with Crippen LogP contribution in [0.3, 0.4) is 0 Å². The second-order valence-electron chi connectivity index (χ2n) is 4.39. The summed E-state index contributed by atoms with van der Waals surface area (Å²) in [5.74, 6) is 0. The van der Waals surface area contributed by atoms with Gasteiger partial charge in [-0.25, -0.2) is 4.98 Å². The van der Waals surface area contributed by atoms with Crippen LogP contribution in [0.5, 0.6) is 0 Å². The SMILES string of the molecule is CN(C)CCCN(C)CCc1csc(N)n1. The molecular formula is C11H22N4S. The Bertz CT molecular complexity index is 298. The average Bonchev–Trinajstić information content (AvgIpc) is 2.61. The van der Waals surface area contributed by atoms with E-state index in [1.807, 2.05) is 5.38 Å². The molecule has 1 heterocycles. The number of rotatable bonds is 7. The van der Waals surface area contributed by atoms with E-state index < -0.39 is 0 Å². The molecule has 0 spiro atoms. The van der Waals surface area contributed by atoms with Crippen molar-refractivity contribution in [1.29, 1.82) is 0 Å². The predicted molar refractivity (Wildman–Crippen MR) is 70.9 cm³/mol. The number of nitrogen functional groups attached to an aromatic ring is 1. The monoisotopic (exact) mass is 242 g/mol. The van der Waals surface area contributed by atoms with Gasteiger partial charge in [0, 0.05) is 18.3 Å². The third-order valence-corrected chi connectivity index (χ3v) is 3.19. The highest BCUT2D eigenvalue weighted by atomic mass is 32.1. The zero-order chi connectivity index (χ0) is 12.0. The highest BCUT2D eigenvalue weighted by molar-refractivity contribution is 7.13. The Balaban J connectivity index is 2.12. The Morgan fingerprint density at radius 1 is 1.25 bits per heavy atom. The number of hydrogen-bond donors (Lipinski definition) is 1. The summed E-state index contributed by atoms with van der Waals surface area (Å²) in [7, 11) is 6.38. The van der Waals surface area contributed by atoms with Gasteiger partial charge in [0.25, 0.3) is 0 Å². The van der Waals surface area contributed by atoms with Crippen LogP contribution in [0.4, 0.5) is 5.13 Å². The summed E-state index contributed by atoms with van der Waals surface area (Å²) in [6.07, 6.45) is 2.20. The fraction of sp³-hybridized carbons (Fsp3) is 0.727. The van der Waals surface area contributed by atoms with Gasteiger partial charge in [0.1, 0.15) is 0 Å². The fourth-order valence-electron chi connectivity index (χ4n) is 1.51. The molecule has 0 radical (unpaired) electrons. The second kappa shape index (κ2) is 6.83. The van der Waals surface area contributed by atoms with Crippen molar-refractivity contribution in [3.8, 4) is 0 Å². The van der Waals surface area contributed by atoms with E-state index in [1.165, 1.54) is 17.8 Å². The van der Waals surface area contributed by atoms with Crippen LogP contribution < -0.4 is 5.73 Å². The summed E-state index contributed by atoms with van der Waals surface area (Å²) in [4.78, 5) is 8.82. The number of likely N-dealkylation sites (N-methyl/N-ethyl adjacent to an activating group) is 1. The highest BCUT2D eigenvalue weighted by Crippen LogP contribution is 2.11. The zero-order valence-corrected chi connectivity index (χ0v) is 11.3. The van der Waals surface area contributed by atoms with Crippen molar-refractivity contribution >= 4 is 16.5 Å². The Labute approximate surface area is 102 Å². The molecule has 0 amide bonds. The number of anilines is 1. The first-order chi connectivity index (χ1) is 7.58. The molecule has 0 aliphatic heterocycles. The van der Waals surface area contributed by atoms with Gasteiger partial charge in [-0.3, -0.25) is 0 Å². The summed E-state index contributed by atoms with van der Waals surface area (Å²) < 4.78 is 0. The van der Waals surface area contributed by atoms with Gasteiger partial charge >= 0.3 is 0 Å². The van der Waals surface area contributed by atoms with E-state index in [2.05, 4.69) is 35.9 Å². The first-order valence-corrected chi connectivity index (χ1v) is 6.49. The number of thiazole rings is 1. The molecule has 0 fully saturated rings. The molecule has 1 rings (SSSR count). The predicted octanol–water partition coefficient (Wildman–Crippen LogP) is 1.15. The van der Waals surface area contributed by atoms with Crippen LogP contribution in [-0.4, -0.2) is 55.6 Å². The Morgan fingerprint density at radius 3 is 2.56 bits per heavy atom. The average molecular weight is 242 g/mol. The fourth-order valence-corrected chi connectivity index (χ4v) is 2.11. The Hall–Kier alpha value is -0.650. The maximum absolute atomic E-state index is 5.59. The molecule has 0 aromatic carbocycles. The molecule has 1 aromatic heterocycles. The van der Waals surface area contributed by atoms with Crippen molar-refractivity contribution in [2.75, 3.05) is 46.5 Å². The van der Waals surface area contributed by atoms with Gasteiger partial charge in [-0.2, -0.15) is 0 Å². The summed E-state index contributed by atoms with van der Waals surface area (Å²) in [6.45, 7) is 3.34. The lowest BCUT2D eigenvalue weighted by Crippen LogP contribution is -2.25. The summed E-state index contributed by atoms with van der Waals surface area (Å²) in [6, 6.07) is 0. The maximum Gasteiger partial charge on any atom is 0.180 e. The number of hydrogen-bond acceptors (Lipinski definition) is 5. The minimum Gasteiger partial charge on any atom is -0.375 e. The molecule has 0 aliphatic carbocycles. The van der Waals surface area contributed by atoms with E-state index in [9.17, 15) is 0 Å². The standard InChI is InChI=1S/C11H22N4S/c1-14(2)6-4-7-15(3)8-5-10-9-16-11(12)13-10/h9H,4-8H2,1-3H3,(H2,12,13). The molecule has 0 saturated carbocycles. The zero-order valence-electron chi connectivity index (χ0n) is 10.4. The lowest BCUT2D eigenvalue weighted by molar-refractivity contribution is 0.302. The molecule has 0 aliphatic rings. The topological polar surface area (TPSA) is 45.4 Å². The quantitative estimate of drug-likeness (QED) is 0.779. The maximum atomic E-state index is 5.59. The molecule has 0 atom stereocenters. The summed E-state index contributed by atoms with van der Waals surface area (Å²) in [5.41, 5.74) is 6.70. The molecule has 1 aromatic rings. The van der Waals surface area contributed by atoms with E-state index >= 15 is 0 Å². The van der Waals surface area contributed by atoms with E-state index in [1.54, 1.807) is 0 Å². The minimum atomic E-state index is 0.672. The van der Waals surface area contributed by atoms with E-state index in [-0.39, 0.29) is 0 Å². The molecule has 2 N–H and O–H groups in total. The normalized spacial score (nSPS) is 11.6. The van der Waals surface area contributed by atoms with Crippen LogP contribution in [0.1, 0.15) is 12.1 Å². The van der Waals surface area contributed by atoms with Gasteiger partial charge in [-0.1, -0.05) is 0 Å². The van der Waals surface area contributed by atoms with Gasteiger partial charge in [0.05, 0.1) is 5.69 Å². The third-order valence-electron chi connectivity index (χ3n) is 2.46. The number of nitrogens with zero attached hydrogens (tertiary/aromatic N) is 3. The van der Waals surface area contributed by atoms with E-state index in [0.29, 0.717) is 5.13 Å². The number of aromatic nitrogens is 1. The smallest absolute Gasteiger partial charge is 0.180 e. The van der Waals surface area contributed by atoms with Crippen LogP contribution in [0.2, 0.25) is 0 Å². The Kier molecular flexibility index (Phi) is 5.73. The lowest BCUT2D eigenvalue weighted by Gasteiger charge is -2.17. The van der Waals surface area contributed by atoms with Gasteiger partial charge in [-0.05, 0) is 40.7 Å². The van der Waals surface area contributed by atoms with Crippen LogP contribution in [0.25, 0.3) is 0 Å². The van der Waals surface area contributed by atoms with E-state index in [0.717, 1.165) is 31.7 Å². The molecule has 0 saturated heterocycles. The van der Waals surface area contributed by atoms with Gasteiger partial charge in [-0.15, -0.1) is 11.3 Å². The van der Waals surface area contributed by atoms with Crippen LogP contribution in [0, 0.1) is 0 Å². The van der Waals surface area contributed by atoms with E-state index in [4.69, 9.17) is 5.73 Å². The van der Waals surface area contributed by atoms with Crippen molar-refractivity contribution < 1.29 is 0 Å². The number of nitrogens with two attached hydrogens (primary N) is 1. The van der Waals surface area contributed by atoms with Crippen LogP contribution in [0.15, 0.2) is 5.38 Å². The third kappa shape index (κ3) is 5.44. The second-order valence-corrected chi connectivity index (χ2v) is 5.28. The first kappa shape index (κ1) is 13.4. The molecule has 4 nitrogen and oxygen atoms in total. The van der Waals surface area contributed by atoms with Crippen molar-refractivity contribution in [2.45, 2.75) is 12.8 Å². The highest BCUT2D eigenvalue weighted by Gasteiger charge is 2.02. The molecule has 16 heavy (non-hydrogen) atoms.